The van der Waals surface area contributed by atoms with Crippen LogP contribution in [0.15, 0.2) is 40.9 Å². The maximum Gasteiger partial charge on any atom is 0.149 e. The molecule has 0 heterocycles. The van der Waals surface area contributed by atoms with Crippen molar-refractivity contribution in [2.24, 2.45) is 0 Å². The second-order valence-electron chi connectivity index (χ2n) is 6.05. The van der Waals surface area contributed by atoms with Gasteiger partial charge in [-0.05, 0) is 27.6 Å². The van der Waals surface area contributed by atoms with Crippen molar-refractivity contribution in [1.29, 1.82) is 0 Å². The second kappa shape index (κ2) is 6.28. The normalized spacial score (nSPS) is 11.5. The van der Waals surface area contributed by atoms with E-state index in [1.165, 1.54) is 11.3 Å². The SMILES string of the molecule is C[Si](C)(C)c1ccc(CNc2cc(Br)c(F)cc2F)cc1. The Morgan fingerprint density at radius 2 is 1.62 bits per heavy atom. The minimum atomic E-state index is -1.29. The molecule has 0 aliphatic rings. The number of benzene rings is 2. The number of anilines is 1. The molecule has 0 radical (unpaired) electrons. The third-order valence-corrected chi connectivity index (χ3v) is 5.99. The average Bonchev–Trinajstić information content (AvgIpc) is 2.41. The lowest BCUT2D eigenvalue weighted by molar-refractivity contribution is 0.580. The third kappa shape index (κ3) is 4.14. The smallest absolute Gasteiger partial charge is 0.149 e. The Labute approximate surface area is 133 Å². The van der Waals surface area contributed by atoms with Crippen molar-refractivity contribution >= 4 is 34.9 Å². The van der Waals surface area contributed by atoms with Gasteiger partial charge in [0.25, 0.3) is 0 Å². The molecule has 2 aromatic rings. The Hall–Kier alpha value is -1.20. The summed E-state index contributed by atoms with van der Waals surface area (Å²) in [7, 11) is -1.29. The van der Waals surface area contributed by atoms with E-state index in [9.17, 15) is 8.78 Å². The molecule has 0 saturated carbocycles. The summed E-state index contributed by atoms with van der Waals surface area (Å²) in [6, 6.07) is 10.7. The van der Waals surface area contributed by atoms with E-state index < -0.39 is 19.7 Å². The van der Waals surface area contributed by atoms with Gasteiger partial charge in [0.05, 0.1) is 18.2 Å². The first-order chi connectivity index (χ1) is 9.77. The molecule has 0 atom stereocenters. The predicted molar refractivity (Wildman–Crippen MR) is 90.8 cm³/mol. The van der Waals surface area contributed by atoms with Crippen LogP contribution in [0.4, 0.5) is 14.5 Å². The quantitative estimate of drug-likeness (QED) is 0.597. The summed E-state index contributed by atoms with van der Waals surface area (Å²) in [6.07, 6.45) is 0. The highest BCUT2D eigenvalue weighted by Gasteiger charge is 2.15. The van der Waals surface area contributed by atoms with Crippen molar-refractivity contribution in [2.45, 2.75) is 26.2 Å². The highest BCUT2D eigenvalue weighted by atomic mass is 79.9. The molecule has 1 nitrogen and oxygen atoms in total. The van der Waals surface area contributed by atoms with E-state index in [0.717, 1.165) is 11.6 Å². The summed E-state index contributed by atoms with van der Waals surface area (Å²) in [6.45, 7) is 7.39. The minimum absolute atomic E-state index is 0.250. The van der Waals surface area contributed by atoms with Crippen LogP contribution in [0.2, 0.25) is 19.6 Å². The van der Waals surface area contributed by atoms with Crippen molar-refractivity contribution < 1.29 is 8.78 Å². The molecule has 0 unspecified atom stereocenters. The lowest BCUT2D eigenvalue weighted by Gasteiger charge is -2.17. The molecule has 112 valence electrons. The van der Waals surface area contributed by atoms with Gasteiger partial charge in [0, 0.05) is 12.6 Å². The molecular formula is C16H18BrF2NSi. The number of hydrogen-bond acceptors (Lipinski definition) is 1. The van der Waals surface area contributed by atoms with Crippen LogP contribution in [0.5, 0.6) is 0 Å². The highest BCUT2D eigenvalue weighted by molar-refractivity contribution is 9.10. The van der Waals surface area contributed by atoms with Gasteiger partial charge in [-0.15, -0.1) is 0 Å². The van der Waals surface area contributed by atoms with Crippen molar-refractivity contribution in [1.82, 2.24) is 0 Å². The van der Waals surface area contributed by atoms with Gasteiger partial charge >= 0.3 is 0 Å². The average molecular weight is 370 g/mol. The molecule has 0 aromatic heterocycles. The Morgan fingerprint density at radius 1 is 1.00 bits per heavy atom. The number of halogens is 3. The molecule has 0 aliphatic heterocycles. The first-order valence-electron chi connectivity index (χ1n) is 6.75. The third-order valence-electron chi connectivity index (χ3n) is 3.31. The standard InChI is InChI=1S/C16H18BrF2NSi/c1-21(2,3)12-6-4-11(5-7-12)10-20-16-8-13(17)14(18)9-15(16)19/h4-9,20H,10H2,1-3H3. The Balaban J connectivity index is 2.08. The van der Waals surface area contributed by atoms with Gasteiger partial charge in [0.15, 0.2) is 0 Å². The van der Waals surface area contributed by atoms with Gasteiger partial charge in [-0.25, -0.2) is 8.78 Å². The topological polar surface area (TPSA) is 12.0 Å². The van der Waals surface area contributed by atoms with Crippen LogP contribution >= 0.6 is 15.9 Å². The molecule has 0 amide bonds. The Bertz CT molecular complexity index is 636. The lowest BCUT2D eigenvalue weighted by atomic mass is 10.2. The van der Waals surface area contributed by atoms with Crippen molar-refractivity contribution in [3.8, 4) is 0 Å². The fourth-order valence-corrected chi connectivity index (χ4v) is 3.49. The van der Waals surface area contributed by atoms with E-state index in [1.807, 2.05) is 0 Å². The highest BCUT2D eigenvalue weighted by Crippen LogP contribution is 2.24. The molecule has 1 N–H and O–H groups in total. The summed E-state index contributed by atoms with van der Waals surface area (Å²) in [5, 5.41) is 4.39. The van der Waals surface area contributed by atoms with Crippen LogP contribution < -0.4 is 10.5 Å². The van der Waals surface area contributed by atoms with Gasteiger partial charge in [-0.1, -0.05) is 49.1 Å². The van der Waals surface area contributed by atoms with E-state index in [2.05, 4.69) is 65.2 Å². The minimum Gasteiger partial charge on any atom is -0.379 e. The molecule has 2 aromatic carbocycles. The monoisotopic (exact) mass is 369 g/mol. The molecule has 0 fully saturated rings. The zero-order valence-electron chi connectivity index (χ0n) is 12.3. The predicted octanol–water partition coefficient (Wildman–Crippen LogP) is 4.88. The molecule has 0 bridgehead atoms. The first-order valence-corrected chi connectivity index (χ1v) is 11.0. The first kappa shape index (κ1) is 16.2. The van der Waals surface area contributed by atoms with E-state index >= 15 is 0 Å². The maximum atomic E-state index is 13.6. The molecule has 21 heavy (non-hydrogen) atoms. The van der Waals surface area contributed by atoms with Crippen LogP contribution in [0.3, 0.4) is 0 Å². The fraction of sp³-hybridized carbons (Fsp3) is 0.250. The molecule has 0 saturated heterocycles. The maximum absolute atomic E-state index is 13.6. The lowest BCUT2D eigenvalue weighted by Crippen LogP contribution is -2.37. The Morgan fingerprint density at radius 3 is 2.19 bits per heavy atom. The number of nitrogens with one attached hydrogen (secondary N) is 1. The zero-order chi connectivity index (χ0) is 15.6. The molecule has 2 rings (SSSR count). The molecule has 0 aliphatic carbocycles. The van der Waals surface area contributed by atoms with Crippen LogP contribution in [0.25, 0.3) is 0 Å². The number of hydrogen-bond donors (Lipinski definition) is 1. The zero-order valence-corrected chi connectivity index (χ0v) is 14.9. The van der Waals surface area contributed by atoms with Crippen molar-refractivity contribution in [2.75, 3.05) is 5.32 Å². The molecular weight excluding hydrogens is 352 g/mol. The summed E-state index contributed by atoms with van der Waals surface area (Å²) >= 11 is 3.06. The summed E-state index contributed by atoms with van der Waals surface area (Å²) in [5.41, 5.74) is 1.36. The van der Waals surface area contributed by atoms with Gasteiger partial charge in [0.2, 0.25) is 0 Å². The summed E-state index contributed by atoms with van der Waals surface area (Å²) in [5.74, 6) is -1.19. The van der Waals surface area contributed by atoms with Gasteiger partial charge in [-0.3, -0.25) is 0 Å². The second-order valence-corrected chi connectivity index (χ2v) is 12.0. The van der Waals surface area contributed by atoms with Crippen molar-refractivity contribution in [3.05, 3.63) is 58.1 Å². The van der Waals surface area contributed by atoms with Crippen LogP contribution in [0.1, 0.15) is 5.56 Å². The van der Waals surface area contributed by atoms with Gasteiger partial charge in [0.1, 0.15) is 11.6 Å². The summed E-state index contributed by atoms with van der Waals surface area (Å²) in [4.78, 5) is 0. The molecule has 5 heteroatoms. The van der Waals surface area contributed by atoms with Crippen molar-refractivity contribution in [3.63, 3.8) is 0 Å². The summed E-state index contributed by atoms with van der Waals surface area (Å²) < 4.78 is 27.1. The van der Waals surface area contributed by atoms with Crippen LogP contribution in [-0.2, 0) is 6.54 Å². The van der Waals surface area contributed by atoms with Gasteiger partial charge in [-0.2, -0.15) is 0 Å². The van der Waals surface area contributed by atoms with E-state index in [1.54, 1.807) is 0 Å². The fourth-order valence-electron chi connectivity index (χ4n) is 1.98. The Kier molecular flexibility index (Phi) is 4.83. The van der Waals surface area contributed by atoms with Crippen LogP contribution in [-0.4, -0.2) is 8.07 Å². The molecule has 0 spiro atoms. The van der Waals surface area contributed by atoms with E-state index in [-0.39, 0.29) is 10.2 Å². The largest absolute Gasteiger partial charge is 0.379 e. The van der Waals surface area contributed by atoms with Crippen LogP contribution in [0, 0.1) is 11.6 Å². The van der Waals surface area contributed by atoms with E-state index in [0.29, 0.717) is 6.54 Å². The van der Waals surface area contributed by atoms with E-state index in [4.69, 9.17) is 0 Å². The number of rotatable bonds is 4. The van der Waals surface area contributed by atoms with Gasteiger partial charge < -0.3 is 5.32 Å².